The molecule has 7 heteroatoms. The Labute approximate surface area is 176 Å². The average molecular weight is 410 g/mol. The minimum atomic E-state index is -0.0405. The van der Waals surface area contributed by atoms with Crippen LogP contribution in [-0.2, 0) is 9.59 Å². The number of ether oxygens (including phenoxy) is 2. The lowest BCUT2D eigenvalue weighted by atomic mass is 9.95. The first-order chi connectivity index (χ1) is 14.5. The topological polar surface area (TPSA) is 81.1 Å². The number of quaternary nitrogens is 1. The van der Waals surface area contributed by atoms with Crippen molar-refractivity contribution in [3.8, 4) is 11.5 Å². The van der Waals surface area contributed by atoms with Crippen molar-refractivity contribution in [2.75, 3.05) is 37.1 Å². The number of aryl methyl sites for hydroxylation is 2. The molecule has 2 aliphatic rings. The maximum atomic E-state index is 12.6. The largest absolute Gasteiger partial charge is 0.454 e. The van der Waals surface area contributed by atoms with Gasteiger partial charge in [0.25, 0.3) is 5.91 Å². The summed E-state index contributed by atoms with van der Waals surface area (Å²) in [4.78, 5) is 26.3. The van der Waals surface area contributed by atoms with E-state index in [1.54, 1.807) is 12.1 Å². The third kappa shape index (κ3) is 4.74. The molecule has 2 aromatic rings. The highest BCUT2D eigenvalue weighted by Crippen LogP contribution is 2.34. The first kappa shape index (κ1) is 20.2. The molecule has 3 N–H and O–H groups in total. The zero-order valence-electron chi connectivity index (χ0n) is 17.4. The van der Waals surface area contributed by atoms with E-state index in [1.165, 1.54) is 4.90 Å². The van der Waals surface area contributed by atoms with Gasteiger partial charge in [-0.2, -0.15) is 0 Å². The Balaban J connectivity index is 1.25. The summed E-state index contributed by atoms with van der Waals surface area (Å²) in [6.45, 7) is 6.25. The van der Waals surface area contributed by atoms with Crippen molar-refractivity contribution in [1.82, 2.24) is 0 Å². The molecule has 0 spiro atoms. The second-order valence-electron chi connectivity index (χ2n) is 8.12. The minimum Gasteiger partial charge on any atom is -0.454 e. The van der Waals surface area contributed by atoms with E-state index in [0.29, 0.717) is 23.7 Å². The number of anilines is 2. The van der Waals surface area contributed by atoms with E-state index in [0.717, 1.165) is 42.7 Å². The number of hydrogen-bond acceptors (Lipinski definition) is 4. The van der Waals surface area contributed by atoms with Gasteiger partial charge in [-0.05, 0) is 43.2 Å². The molecule has 4 rings (SSSR count). The van der Waals surface area contributed by atoms with Crippen molar-refractivity contribution in [3.63, 3.8) is 0 Å². The Morgan fingerprint density at radius 2 is 1.77 bits per heavy atom. The highest BCUT2D eigenvalue weighted by atomic mass is 16.7. The first-order valence-corrected chi connectivity index (χ1v) is 10.4. The predicted molar refractivity (Wildman–Crippen MR) is 114 cm³/mol. The number of rotatable bonds is 5. The van der Waals surface area contributed by atoms with E-state index < -0.39 is 0 Å². The Morgan fingerprint density at radius 3 is 2.57 bits per heavy atom. The lowest BCUT2D eigenvalue weighted by Gasteiger charge is -2.28. The van der Waals surface area contributed by atoms with Crippen molar-refractivity contribution in [2.24, 2.45) is 5.92 Å². The van der Waals surface area contributed by atoms with Crippen LogP contribution in [0.4, 0.5) is 11.4 Å². The van der Waals surface area contributed by atoms with Gasteiger partial charge in [-0.3, -0.25) is 9.59 Å². The van der Waals surface area contributed by atoms with E-state index in [-0.39, 0.29) is 24.5 Å². The quantitative estimate of drug-likeness (QED) is 0.703. The number of likely N-dealkylation sites (tertiary alicyclic amines) is 1. The van der Waals surface area contributed by atoms with E-state index >= 15 is 0 Å². The van der Waals surface area contributed by atoms with Crippen LogP contribution in [0.25, 0.3) is 0 Å². The molecule has 1 fully saturated rings. The molecule has 0 bridgehead atoms. The summed E-state index contributed by atoms with van der Waals surface area (Å²) >= 11 is 0. The Morgan fingerprint density at radius 1 is 1.00 bits per heavy atom. The van der Waals surface area contributed by atoms with Gasteiger partial charge in [0, 0.05) is 36.2 Å². The smallest absolute Gasteiger partial charge is 0.279 e. The second kappa shape index (κ2) is 8.75. The number of nitrogens with one attached hydrogen (secondary N) is 3. The van der Waals surface area contributed by atoms with Gasteiger partial charge >= 0.3 is 0 Å². The summed E-state index contributed by atoms with van der Waals surface area (Å²) in [6, 6.07) is 11.5. The molecule has 0 radical (unpaired) electrons. The van der Waals surface area contributed by atoms with Crippen molar-refractivity contribution in [2.45, 2.75) is 26.7 Å². The number of carbonyl (C=O) groups excluding carboxylic acids is 2. The van der Waals surface area contributed by atoms with Crippen molar-refractivity contribution < 1.29 is 24.0 Å². The summed E-state index contributed by atoms with van der Waals surface area (Å²) in [7, 11) is 0. The second-order valence-corrected chi connectivity index (χ2v) is 8.12. The molecular formula is C23H28N3O4+. The maximum Gasteiger partial charge on any atom is 0.279 e. The van der Waals surface area contributed by atoms with Crippen LogP contribution in [0.3, 0.4) is 0 Å². The van der Waals surface area contributed by atoms with E-state index in [9.17, 15) is 9.59 Å². The Hall–Kier alpha value is -3.06. The van der Waals surface area contributed by atoms with Crippen LogP contribution in [0.1, 0.15) is 24.0 Å². The van der Waals surface area contributed by atoms with Gasteiger partial charge in [-0.1, -0.05) is 12.1 Å². The molecule has 2 aromatic carbocycles. The maximum absolute atomic E-state index is 12.6. The average Bonchev–Trinajstić information content (AvgIpc) is 3.19. The fraction of sp³-hybridized carbons (Fsp3) is 0.391. The number of amides is 2. The minimum absolute atomic E-state index is 0.0157. The van der Waals surface area contributed by atoms with Crippen LogP contribution in [0.2, 0.25) is 0 Å². The summed E-state index contributed by atoms with van der Waals surface area (Å²) < 4.78 is 10.7. The molecular weight excluding hydrogens is 382 g/mol. The number of hydrogen-bond donors (Lipinski definition) is 3. The molecule has 158 valence electrons. The number of carbonyl (C=O) groups is 2. The molecule has 7 nitrogen and oxygen atoms in total. The fourth-order valence-electron chi connectivity index (χ4n) is 3.98. The lowest BCUT2D eigenvalue weighted by molar-refractivity contribution is -0.897. The SMILES string of the molecule is Cc1ccc(C)c(NC(=O)C[NH+]2CCC(C(=O)Nc3ccc4c(c3)OCO4)CC2)c1. The van der Waals surface area contributed by atoms with Gasteiger partial charge in [0.15, 0.2) is 18.0 Å². The molecule has 30 heavy (non-hydrogen) atoms. The number of fused-ring (bicyclic) bond motifs is 1. The Kier molecular flexibility index (Phi) is 5.90. The van der Waals surface area contributed by atoms with Crippen molar-refractivity contribution in [1.29, 1.82) is 0 Å². The summed E-state index contributed by atoms with van der Waals surface area (Å²) in [6.07, 6.45) is 1.53. The van der Waals surface area contributed by atoms with Gasteiger partial charge in [0.2, 0.25) is 12.7 Å². The van der Waals surface area contributed by atoms with Crippen LogP contribution in [0.5, 0.6) is 11.5 Å². The fourth-order valence-corrected chi connectivity index (χ4v) is 3.98. The van der Waals surface area contributed by atoms with E-state index in [1.807, 2.05) is 38.1 Å². The molecule has 2 heterocycles. The first-order valence-electron chi connectivity index (χ1n) is 10.4. The lowest BCUT2D eigenvalue weighted by Crippen LogP contribution is -3.14. The molecule has 1 saturated heterocycles. The number of piperidine rings is 1. The Bertz CT molecular complexity index is 951. The summed E-state index contributed by atoms with van der Waals surface area (Å²) in [5, 5.41) is 6.00. The number of benzene rings is 2. The third-order valence-electron chi connectivity index (χ3n) is 5.78. The monoisotopic (exact) mass is 410 g/mol. The van der Waals surface area contributed by atoms with Gasteiger partial charge < -0.3 is 25.0 Å². The highest BCUT2D eigenvalue weighted by Gasteiger charge is 2.29. The highest BCUT2D eigenvalue weighted by molar-refractivity contribution is 5.93. The molecule has 0 atom stereocenters. The molecule has 2 amide bonds. The van der Waals surface area contributed by atoms with E-state index in [2.05, 4.69) is 10.6 Å². The van der Waals surface area contributed by atoms with Gasteiger partial charge in [-0.25, -0.2) is 0 Å². The molecule has 2 aliphatic heterocycles. The molecule has 0 aromatic heterocycles. The van der Waals surface area contributed by atoms with Crippen molar-refractivity contribution in [3.05, 3.63) is 47.5 Å². The molecule has 0 unspecified atom stereocenters. The van der Waals surface area contributed by atoms with Crippen LogP contribution >= 0.6 is 0 Å². The van der Waals surface area contributed by atoms with Crippen LogP contribution in [0.15, 0.2) is 36.4 Å². The van der Waals surface area contributed by atoms with Gasteiger partial charge in [-0.15, -0.1) is 0 Å². The van der Waals surface area contributed by atoms with Crippen LogP contribution < -0.4 is 25.0 Å². The van der Waals surface area contributed by atoms with E-state index in [4.69, 9.17) is 9.47 Å². The standard InChI is InChI=1S/C23H27N3O4/c1-15-3-4-16(2)19(11-15)25-22(27)13-26-9-7-17(8-10-26)23(28)24-18-5-6-20-21(12-18)30-14-29-20/h3-6,11-12,17H,7-10,13-14H2,1-2H3,(H,24,28)(H,25,27)/p+1. The van der Waals surface area contributed by atoms with Crippen LogP contribution in [-0.4, -0.2) is 38.2 Å². The summed E-state index contributed by atoms with van der Waals surface area (Å²) in [5.41, 5.74) is 3.77. The van der Waals surface area contributed by atoms with Gasteiger partial charge in [0.1, 0.15) is 0 Å². The summed E-state index contributed by atoms with van der Waals surface area (Å²) in [5.74, 6) is 1.35. The van der Waals surface area contributed by atoms with Crippen molar-refractivity contribution >= 4 is 23.2 Å². The molecule has 0 saturated carbocycles. The predicted octanol–water partition coefficient (Wildman–Crippen LogP) is 1.90. The zero-order valence-corrected chi connectivity index (χ0v) is 17.4. The third-order valence-corrected chi connectivity index (χ3v) is 5.78. The molecule has 0 aliphatic carbocycles. The zero-order chi connectivity index (χ0) is 21.1. The normalized spacial score (nSPS) is 19.9. The van der Waals surface area contributed by atoms with Crippen LogP contribution in [0, 0.1) is 19.8 Å². The van der Waals surface area contributed by atoms with Gasteiger partial charge in [0.05, 0.1) is 13.1 Å².